The molecular weight excluding hydrogens is 280 g/mol. The lowest BCUT2D eigenvalue weighted by Crippen LogP contribution is -2.47. The summed E-state index contributed by atoms with van der Waals surface area (Å²) in [4.78, 5) is 14.4. The van der Waals surface area contributed by atoms with Gasteiger partial charge in [-0.25, -0.2) is 4.68 Å². The smallest absolute Gasteiger partial charge is 0.278 e. The maximum atomic E-state index is 12.7. The van der Waals surface area contributed by atoms with Crippen LogP contribution in [0.15, 0.2) is 36.5 Å². The maximum absolute atomic E-state index is 12.7. The maximum Gasteiger partial charge on any atom is 0.278 e. The molecule has 0 saturated carbocycles. The number of nitrogens with two attached hydrogens (primary N) is 1. The number of amides is 1. The Balaban J connectivity index is 1.88. The molecule has 2 heterocycles. The Labute approximate surface area is 129 Å². The van der Waals surface area contributed by atoms with Crippen molar-refractivity contribution in [2.75, 3.05) is 13.1 Å². The van der Waals surface area contributed by atoms with Crippen molar-refractivity contribution in [3.63, 3.8) is 0 Å². The second-order valence-corrected chi connectivity index (χ2v) is 5.53. The van der Waals surface area contributed by atoms with Crippen LogP contribution in [0.25, 0.3) is 5.69 Å². The van der Waals surface area contributed by atoms with E-state index in [9.17, 15) is 9.90 Å². The first kappa shape index (κ1) is 14.6. The fourth-order valence-corrected chi connectivity index (χ4v) is 2.88. The standard InChI is InChI=1S/C16H20N4O2/c17-10-13-8-4-5-9-19(13)16(22)15-14(21)11-20(18-15)12-6-2-1-3-7-12/h1-3,6-7,11,13,21H,4-5,8-10,17H2. The molecule has 1 aromatic heterocycles. The van der Waals surface area contributed by atoms with Crippen molar-refractivity contribution in [3.8, 4) is 11.4 Å². The molecule has 1 aliphatic heterocycles. The molecule has 1 fully saturated rings. The van der Waals surface area contributed by atoms with Gasteiger partial charge >= 0.3 is 0 Å². The van der Waals surface area contributed by atoms with E-state index in [1.54, 1.807) is 4.90 Å². The third kappa shape index (κ3) is 2.69. The van der Waals surface area contributed by atoms with Crippen LogP contribution >= 0.6 is 0 Å². The van der Waals surface area contributed by atoms with Gasteiger partial charge in [-0.2, -0.15) is 5.10 Å². The van der Waals surface area contributed by atoms with Crippen LogP contribution in [0.2, 0.25) is 0 Å². The lowest BCUT2D eigenvalue weighted by molar-refractivity contribution is 0.0614. The first-order valence-electron chi connectivity index (χ1n) is 7.56. The van der Waals surface area contributed by atoms with Crippen molar-refractivity contribution < 1.29 is 9.90 Å². The number of rotatable bonds is 3. The summed E-state index contributed by atoms with van der Waals surface area (Å²) >= 11 is 0. The monoisotopic (exact) mass is 300 g/mol. The molecule has 0 aliphatic carbocycles. The molecule has 0 bridgehead atoms. The molecule has 1 aromatic carbocycles. The Bertz CT molecular complexity index is 653. The van der Waals surface area contributed by atoms with Gasteiger partial charge in [-0.1, -0.05) is 18.2 Å². The second kappa shape index (κ2) is 6.19. The normalized spacial score (nSPS) is 18.4. The Hall–Kier alpha value is -2.34. The highest BCUT2D eigenvalue weighted by Crippen LogP contribution is 2.24. The van der Waals surface area contributed by atoms with Crippen LogP contribution in [0.3, 0.4) is 0 Å². The number of para-hydroxylation sites is 1. The van der Waals surface area contributed by atoms with Crippen LogP contribution in [0.5, 0.6) is 5.75 Å². The zero-order valence-electron chi connectivity index (χ0n) is 12.4. The zero-order chi connectivity index (χ0) is 15.5. The highest BCUT2D eigenvalue weighted by atomic mass is 16.3. The SMILES string of the molecule is NCC1CCCCN1C(=O)c1nn(-c2ccccc2)cc1O. The van der Waals surface area contributed by atoms with Crippen molar-refractivity contribution >= 4 is 5.91 Å². The molecule has 1 unspecified atom stereocenters. The number of hydrogen-bond acceptors (Lipinski definition) is 4. The molecule has 1 atom stereocenters. The largest absolute Gasteiger partial charge is 0.504 e. The third-order valence-electron chi connectivity index (χ3n) is 4.08. The minimum Gasteiger partial charge on any atom is -0.504 e. The fraction of sp³-hybridized carbons (Fsp3) is 0.375. The topological polar surface area (TPSA) is 84.4 Å². The van der Waals surface area contributed by atoms with E-state index in [-0.39, 0.29) is 23.4 Å². The van der Waals surface area contributed by atoms with E-state index in [1.807, 2.05) is 30.3 Å². The van der Waals surface area contributed by atoms with Crippen molar-refractivity contribution in [2.45, 2.75) is 25.3 Å². The summed E-state index contributed by atoms with van der Waals surface area (Å²) in [5.74, 6) is -0.350. The molecular formula is C16H20N4O2. The van der Waals surface area contributed by atoms with Gasteiger partial charge in [-0.05, 0) is 31.4 Å². The average molecular weight is 300 g/mol. The molecule has 1 aliphatic rings. The van der Waals surface area contributed by atoms with Gasteiger partial charge in [-0.3, -0.25) is 4.79 Å². The number of hydrogen-bond donors (Lipinski definition) is 2. The van der Waals surface area contributed by atoms with E-state index >= 15 is 0 Å². The second-order valence-electron chi connectivity index (χ2n) is 5.53. The number of carbonyl (C=O) groups excluding carboxylic acids is 1. The number of carbonyl (C=O) groups is 1. The molecule has 22 heavy (non-hydrogen) atoms. The zero-order valence-corrected chi connectivity index (χ0v) is 12.4. The van der Waals surface area contributed by atoms with Gasteiger partial charge < -0.3 is 15.7 Å². The van der Waals surface area contributed by atoms with Crippen molar-refractivity contribution in [1.29, 1.82) is 0 Å². The van der Waals surface area contributed by atoms with Gasteiger partial charge in [0.15, 0.2) is 11.4 Å². The van der Waals surface area contributed by atoms with Crippen molar-refractivity contribution in [3.05, 3.63) is 42.2 Å². The van der Waals surface area contributed by atoms with E-state index in [1.165, 1.54) is 10.9 Å². The van der Waals surface area contributed by atoms with Gasteiger partial charge in [0.2, 0.25) is 0 Å². The predicted octanol–water partition coefficient (Wildman–Crippen LogP) is 1.53. The number of nitrogens with zero attached hydrogens (tertiary/aromatic N) is 3. The third-order valence-corrected chi connectivity index (χ3v) is 4.08. The molecule has 0 spiro atoms. The summed E-state index contributed by atoms with van der Waals surface area (Å²) in [7, 11) is 0. The summed E-state index contributed by atoms with van der Waals surface area (Å²) in [6.45, 7) is 1.10. The predicted molar refractivity (Wildman–Crippen MR) is 83.0 cm³/mol. The average Bonchev–Trinajstić information content (AvgIpc) is 2.97. The van der Waals surface area contributed by atoms with Gasteiger partial charge in [0.1, 0.15) is 0 Å². The van der Waals surface area contributed by atoms with E-state index in [0.717, 1.165) is 24.9 Å². The number of likely N-dealkylation sites (tertiary alicyclic amines) is 1. The number of aromatic hydroxyl groups is 1. The molecule has 2 aromatic rings. The van der Waals surface area contributed by atoms with Crippen molar-refractivity contribution in [2.24, 2.45) is 5.73 Å². The summed E-state index contributed by atoms with van der Waals surface area (Å²) < 4.78 is 1.52. The summed E-state index contributed by atoms with van der Waals surface area (Å²) in [6.07, 6.45) is 4.41. The van der Waals surface area contributed by atoms with Gasteiger partial charge in [0.25, 0.3) is 5.91 Å². The van der Waals surface area contributed by atoms with Crippen molar-refractivity contribution in [1.82, 2.24) is 14.7 Å². The number of piperidine rings is 1. The minimum atomic E-state index is -0.248. The van der Waals surface area contributed by atoms with E-state index in [2.05, 4.69) is 5.10 Å². The molecule has 6 nitrogen and oxygen atoms in total. The number of benzene rings is 1. The van der Waals surface area contributed by atoms with Crippen LogP contribution < -0.4 is 5.73 Å². The fourth-order valence-electron chi connectivity index (χ4n) is 2.88. The van der Waals surface area contributed by atoms with E-state index < -0.39 is 0 Å². The summed E-state index contributed by atoms with van der Waals surface area (Å²) in [6, 6.07) is 9.42. The number of aromatic nitrogens is 2. The Morgan fingerprint density at radius 2 is 2.09 bits per heavy atom. The summed E-state index contributed by atoms with van der Waals surface area (Å²) in [5, 5.41) is 14.3. The molecule has 1 saturated heterocycles. The van der Waals surface area contributed by atoms with Crippen LogP contribution in [-0.2, 0) is 0 Å². The lowest BCUT2D eigenvalue weighted by atomic mass is 10.0. The molecule has 116 valence electrons. The van der Waals surface area contributed by atoms with Crippen LogP contribution in [-0.4, -0.2) is 44.8 Å². The highest BCUT2D eigenvalue weighted by Gasteiger charge is 2.30. The molecule has 1 amide bonds. The lowest BCUT2D eigenvalue weighted by Gasteiger charge is -2.34. The van der Waals surface area contributed by atoms with Gasteiger partial charge in [0, 0.05) is 19.1 Å². The first-order chi connectivity index (χ1) is 10.7. The summed E-state index contributed by atoms with van der Waals surface area (Å²) in [5.41, 5.74) is 6.65. The Morgan fingerprint density at radius 1 is 1.32 bits per heavy atom. The van der Waals surface area contributed by atoms with E-state index in [0.29, 0.717) is 13.1 Å². The molecule has 6 heteroatoms. The van der Waals surface area contributed by atoms with Gasteiger partial charge in [-0.15, -0.1) is 0 Å². The first-order valence-corrected chi connectivity index (χ1v) is 7.56. The highest BCUT2D eigenvalue weighted by molar-refractivity contribution is 5.95. The minimum absolute atomic E-state index is 0.0301. The Kier molecular flexibility index (Phi) is 4.11. The molecule has 3 N–H and O–H groups in total. The van der Waals surface area contributed by atoms with Crippen LogP contribution in [0.1, 0.15) is 29.8 Å². The van der Waals surface area contributed by atoms with Crippen LogP contribution in [0, 0.1) is 0 Å². The molecule has 0 radical (unpaired) electrons. The Morgan fingerprint density at radius 3 is 2.82 bits per heavy atom. The van der Waals surface area contributed by atoms with Gasteiger partial charge in [0.05, 0.1) is 11.9 Å². The quantitative estimate of drug-likeness (QED) is 0.900. The van der Waals surface area contributed by atoms with E-state index in [4.69, 9.17) is 5.73 Å². The van der Waals surface area contributed by atoms with Crippen LogP contribution in [0.4, 0.5) is 0 Å². The molecule has 3 rings (SSSR count).